The Kier molecular flexibility index (Phi) is 10.2. The van der Waals surface area contributed by atoms with Crippen LogP contribution < -0.4 is 39.3 Å². The van der Waals surface area contributed by atoms with Crippen molar-refractivity contribution in [2.45, 2.75) is 13.8 Å². The Bertz CT molecular complexity index is 1370. The summed E-state index contributed by atoms with van der Waals surface area (Å²) in [6.45, 7) is 3.60. The van der Waals surface area contributed by atoms with Gasteiger partial charge in [0.05, 0.1) is 59.8 Å². The van der Waals surface area contributed by atoms with Gasteiger partial charge in [-0.25, -0.2) is 5.43 Å². The fraction of sp³-hybridized carbons (Fsp3) is 0.276. The van der Waals surface area contributed by atoms with Crippen LogP contribution in [0.5, 0.6) is 34.5 Å². The molecule has 0 saturated carbocycles. The van der Waals surface area contributed by atoms with Crippen molar-refractivity contribution >= 4 is 23.0 Å². The van der Waals surface area contributed by atoms with Crippen LogP contribution in [0.15, 0.2) is 58.7 Å². The minimum Gasteiger partial charge on any atom is -0.493 e. The Hall–Kier alpha value is -4.93. The molecule has 2 N–H and O–H groups in total. The molecule has 11 heteroatoms. The van der Waals surface area contributed by atoms with Gasteiger partial charge in [-0.2, -0.15) is 10.2 Å². The second-order valence-corrected chi connectivity index (χ2v) is 8.36. The highest BCUT2D eigenvalue weighted by atomic mass is 16.5. The number of anilines is 1. The first kappa shape index (κ1) is 29.6. The molecule has 0 bridgehead atoms. The molecule has 3 rings (SSSR count). The van der Waals surface area contributed by atoms with E-state index in [0.29, 0.717) is 62.7 Å². The Balaban J connectivity index is 1.76. The van der Waals surface area contributed by atoms with Crippen molar-refractivity contribution in [3.63, 3.8) is 0 Å². The molecule has 0 fully saturated rings. The number of hydrogen-bond donors (Lipinski definition) is 2. The van der Waals surface area contributed by atoms with Crippen LogP contribution in [0, 0.1) is 0 Å². The highest BCUT2D eigenvalue weighted by molar-refractivity contribution is 6.02. The van der Waals surface area contributed by atoms with E-state index < -0.39 is 0 Å². The monoisotopic (exact) mass is 550 g/mol. The van der Waals surface area contributed by atoms with E-state index in [0.717, 1.165) is 5.56 Å². The van der Waals surface area contributed by atoms with Crippen LogP contribution in [-0.2, 0) is 0 Å². The van der Waals surface area contributed by atoms with Crippen molar-refractivity contribution in [2.24, 2.45) is 10.2 Å². The molecule has 0 aliphatic carbocycles. The number of carbonyl (C=O) groups is 1. The summed E-state index contributed by atoms with van der Waals surface area (Å²) in [4.78, 5) is 12.8. The number of nitrogens with one attached hydrogen (secondary N) is 2. The Labute approximate surface area is 233 Å². The molecule has 212 valence electrons. The Morgan fingerprint density at radius 2 is 1.05 bits per heavy atom. The van der Waals surface area contributed by atoms with Gasteiger partial charge < -0.3 is 28.4 Å². The average molecular weight is 551 g/mol. The first-order valence-corrected chi connectivity index (χ1v) is 12.2. The molecule has 0 radical (unpaired) electrons. The van der Waals surface area contributed by atoms with Crippen molar-refractivity contribution in [1.29, 1.82) is 0 Å². The standard InChI is InChI=1S/C29H34N4O7/c1-17(20-13-23(35-3)27(39-7)24(14-20)36-4)30-32-22-11-9-10-19(12-22)29(34)33-31-18(2)21-15-25(37-5)28(40-8)26(16-21)38-6/h9-16,32H,1-8H3,(H,33,34)/b30-17-,31-18+. The Morgan fingerprint density at radius 3 is 1.48 bits per heavy atom. The third-order valence-corrected chi connectivity index (χ3v) is 5.97. The minimum absolute atomic E-state index is 0.388. The highest BCUT2D eigenvalue weighted by Gasteiger charge is 2.16. The van der Waals surface area contributed by atoms with Gasteiger partial charge in [0.2, 0.25) is 11.5 Å². The van der Waals surface area contributed by atoms with Gasteiger partial charge in [0.15, 0.2) is 23.0 Å². The van der Waals surface area contributed by atoms with Gasteiger partial charge in [0.25, 0.3) is 5.91 Å². The van der Waals surface area contributed by atoms with Gasteiger partial charge >= 0.3 is 0 Å². The van der Waals surface area contributed by atoms with Crippen LogP contribution in [0.1, 0.15) is 35.3 Å². The maximum absolute atomic E-state index is 12.8. The van der Waals surface area contributed by atoms with Crippen LogP contribution in [0.3, 0.4) is 0 Å². The number of ether oxygens (including phenoxy) is 6. The van der Waals surface area contributed by atoms with Crippen molar-refractivity contribution in [3.05, 3.63) is 65.2 Å². The summed E-state index contributed by atoms with van der Waals surface area (Å²) in [6, 6.07) is 14.0. The van der Waals surface area contributed by atoms with Crippen LogP contribution >= 0.6 is 0 Å². The molecular formula is C29H34N4O7. The molecule has 0 saturated heterocycles. The number of hydrogen-bond acceptors (Lipinski definition) is 10. The van der Waals surface area contributed by atoms with Gasteiger partial charge in [-0.15, -0.1) is 0 Å². The zero-order valence-electron chi connectivity index (χ0n) is 23.9. The number of amides is 1. The summed E-state index contributed by atoms with van der Waals surface area (Å²) in [5.74, 6) is 2.59. The lowest BCUT2D eigenvalue weighted by Crippen LogP contribution is -2.19. The molecule has 3 aromatic rings. The van der Waals surface area contributed by atoms with Crippen LogP contribution in [-0.4, -0.2) is 60.0 Å². The zero-order chi connectivity index (χ0) is 29.2. The molecule has 0 heterocycles. The second-order valence-electron chi connectivity index (χ2n) is 8.36. The third-order valence-electron chi connectivity index (χ3n) is 5.97. The van der Waals surface area contributed by atoms with Crippen LogP contribution in [0.2, 0.25) is 0 Å². The molecule has 0 atom stereocenters. The summed E-state index contributed by atoms with van der Waals surface area (Å²) in [7, 11) is 9.26. The Morgan fingerprint density at radius 1 is 0.600 bits per heavy atom. The van der Waals surface area contributed by atoms with Crippen LogP contribution in [0.25, 0.3) is 0 Å². The van der Waals surface area contributed by atoms with Crippen molar-refractivity contribution < 1.29 is 33.2 Å². The minimum atomic E-state index is -0.388. The van der Waals surface area contributed by atoms with Crippen molar-refractivity contribution in [3.8, 4) is 34.5 Å². The average Bonchev–Trinajstić information content (AvgIpc) is 3.00. The molecule has 40 heavy (non-hydrogen) atoms. The second kappa shape index (κ2) is 13.7. The summed E-state index contributed by atoms with van der Waals surface area (Å²) >= 11 is 0. The molecule has 0 spiro atoms. The predicted molar refractivity (Wildman–Crippen MR) is 154 cm³/mol. The topological polar surface area (TPSA) is 121 Å². The van der Waals surface area contributed by atoms with Gasteiger partial charge in [0, 0.05) is 16.7 Å². The van der Waals surface area contributed by atoms with Gasteiger partial charge in [-0.3, -0.25) is 10.2 Å². The molecule has 1 amide bonds. The van der Waals surface area contributed by atoms with E-state index >= 15 is 0 Å². The lowest BCUT2D eigenvalue weighted by Gasteiger charge is -2.14. The molecule has 0 aliphatic rings. The normalized spacial score (nSPS) is 11.4. The van der Waals surface area contributed by atoms with E-state index in [4.69, 9.17) is 28.4 Å². The SMILES string of the molecule is COc1cc(/C(C)=N\Nc2cccc(C(=O)N/N=C(\C)c3cc(OC)c(OC)c(OC)c3)c2)cc(OC)c1OC. The number of benzene rings is 3. The fourth-order valence-corrected chi connectivity index (χ4v) is 3.79. The number of nitrogens with zero attached hydrogens (tertiary/aromatic N) is 2. The summed E-state index contributed by atoms with van der Waals surface area (Å²) < 4.78 is 32.4. The van der Waals surface area contributed by atoms with E-state index in [-0.39, 0.29) is 5.91 Å². The third kappa shape index (κ3) is 6.73. The summed E-state index contributed by atoms with van der Waals surface area (Å²) in [5, 5.41) is 8.70. The lowest BCUT2D eigenvalue weighted by molar-refractivity contribution is 0.0955. The summed E-state index contributed by atoms with van der Waals surface area (Å²) in [6.07, 6.45) is 0. The van der Waals surface area contributed by atoms with E-state index in [1.54, 1.807) is 76.8 Å². The zero-order valence-corrected chi connectivity index (χ0v) is 23.9. The number of methoxy groups -OCH3 is 6. The molecule has 0 aromatic heterocycles. The first-order valence-electron chi connectivity index (χ1n) is 12.2. The first-order chi connectivity index (χ1) is 19.3. The smallest absolute Gasteiger partial charge is 0.271 e. The molecular weight excluding hydrogens is 516 g/mol. The quantitative estimate of drug-likeness (QED) is 0.245. The van der Waals surface area contributed by atoms with E-state index in [9.17, 15) is 4.79 Å². The van der Waals surface area contributed by atoms with Gasteiger partial charge in [0.1, 0.15) is 0 Å². The molecule has 11 nitrogen and oxygen atoms in total. The predicted octanol–water partition coefficient (Wildman–Crippen LogP) is 4.73. The van der Waals surface area contributed by atoms with E-state index in [2.05, 4.69) is 21.1 Å². The lowest BCUT2D eigenvalue weighted by atomic mass is 10.1. The number of rotatable bonds is 12. The highest BCUT2D eigenvalue weighted by Crippen LogP contribution is 2.39. The van der Waals surface area contributed by atoms with Crippen LogP contribution in [0.4, 0.5) is 5.69 Å². The summed E-state index contributed by atoms with van der Waals surface area (Å²) in [5.41, 5.74) is 9.27. The van der Waals surface area contributed by atoms with Crippen molar-refractivity contribution in [2.75, 3.05) is 48.1 Å². The molecule has 0 aliphatic heterocycles. The largest absolute Gasteiger partial charge is 0.493 e. The molecule has 0 unspecified atom stereocenters. The number of hydrazone groups is 2. The maximum atomic E-state index is 12.8. The fourth-order valence-electron chi connectivity index (χ4n) is 3.79. The maximum Gasteiger partial charge on any atom is 0.271 e. The molecule has 3 aromatic carbocycles. The van der Waals surface area contributed by atoms with Crippen molar-refractivity contribution in [1.82, 2.24) is 5.43 Å². The van der Waals surface area contributed by atoms with E-state index in [1.807, 2.05) is 6.92 Å². The van der Waals surface area contributed by atoms with Gasteiger partial charge in [-0.1, -0.05) is 6.07 Å². The van der Waals surface area contributed by atoms with E-state index in [1.165, 1.54) is 21.3 Å². The van der Waals surface area contributed by atoms with Gasteiger partial charge in [-0.05, 0) is 56.3 Å². The number of carbonyl (C=O) groups excluding carboxylic acids is 1.